The standard InChI is InChI=1S/C24H32N8/c1-30-9-11-31(12-10-30)19-5-6-21(26-16-19)28-23-27-14-18-13-20-15-25-17-24(7-3-2-4-8-24)32(20)22(18)29-23/h5-6,13-14,16,25H,2-4,7-12,15,17H2,1H3,(H,26,27,28,29). The molecular weight excluding hydrogens is 400 g/mol. The van der Waals surface area contributed by atoms with E-state index in [1.165, 1.54) is 43.5 Å². The molecule has 3 aromatic rings. The van der Waals surface area contributed by atoms with Crippen LogP contribution >= 0.6 is 0 Å². The summed E-state index contributed by atoms with van der Waals surface area (Å²) in [6.07, 6.45) is 10.3. The Kier molecular flexibility index (Phi) is 4.99. The molecule has 6 rings (SSSR count). The van der Waals surface area contributed by atoms with Crippen molar-refractivity contribution in [2.75, 3.05) is 50.0 Å². The number of rotatable bonds is 3. The zero-order chi connectivity index (χ0) is 21.5. The summed E-state index contributed by atoms with van der Waals surface area (Å²) in [7, 11) is 2.17. The lowest BCUT2D eigenvalue weighted by Gasteiger charge is -2.43. The van der Waals surface area contributed by atoms with Crippen molar-refractivity contribution in [1.82, 2.24) is 29.7 Å². The molecule has 1 saturated carbocycles. The largest absolute Gasteiger partial charge is 0.368 e. The Morgan fingerprint density at radius 1 is 1.00 bits per heavy atom. The Balaban J connectivity index is 1.26. The van der Waals surface area contributed by atoms with Crippen LogP contribution in [-0.2, 0) is 12.1 Å². The van der Waals surface area contributed by atoms with Crippen molar-refractivity contribution in [2.45, 2.75) is 44.2 Å². The second-order valence-electron chi connectivity index (χ2n) is 9.65. The molecule has 3 aliphatic rings. The molecule has 1 saturated heterocycles. The smallest absolute Gasteiger partial charge is 0.230 e. The van der Waals surface area contributed by atoms with E-state index >= 15 is 0 Å². The minimum Gasteiger partial charge on any atom is -0.368 e. The molecule has 32 heavy (non-hydrogen) atoms. The molecular formula is C24H32N8. The third kappa shape index (κ3) is 3.51. The Morgan fingerprint density at radius 2 is 1.84 bits per heavy atom. The highest BCUT2D eigenvalue weighted by molar-refractivity contribution is 5.78. The SMILES string of the molecule is CN1CCN(c2ccc(Nc3ncc4cc5n(c4n3)C3(CCCCC3)CNC5)nc2)CC1. The zero-order valence-corrected chi connectivity index (χ0v) is 18.8. The Bertz CT molecular complexity index is 1090. The minimum atomic E-state index is 0.154. The van der Waals surface area contributed by atoms with Crippen LogP contribution in [0.2, 0.25) is 0 Å². The number of nitrogens with one attached hydrogen (secondary N) is 2. The number of fused-ring (bicyclic) bond motifs is 4. The molecule has 1 spiro atoms. The fraction of sp³-hybridized carbons (Fsp3) is 0.542. The first-order valence-electron chi connectivity index (χ1n) is 12.0. The van der Waals surface area contributed by atoms with Gasteiger partial charge >= 0.3 is 0 Å². The lowest BCUT2D eigenvalue weighted by molar-refractivity contribution is 0.168. The van der Waals surface area contributed by atoms with E-state index in [-0.39, 0.29) is 5.54 Å². The third-order valence-electron chi connectivity index (χ3n) is 7.49. The van der Waals surface area contributed by atoms with Gasteiger partial charge in [0, 0.05) is 56.5 Å². The van der Waals surface area contributed by atoms with Crippen LogP contribution in [0, 0.1) is 0 Å². The van der Waals surface area contributed by atoms with Crippen LogP contribution in [-0.4, -0.2) is 64.2 Å². The first-order chi connectivity index (χ1) is 15.7. The molecule has 0 atom stereocenters. The predicted molar refractivity (Wildman–Crippen MR) is 128 cm³/mol. The first kappa shape index (κ1) is 19.9. The van der Waals surface area contributed by atoms with Gasteiger partial charge in [-0.1, -0.05) is 19.3 Å². The highest BCUT2D eigenvalue weighted by Gasteiger charge is 2.38. The average molecular weight is 433 g/mol. The Morgan fingerprint density at radius 3 is 2.62 bits per heavy atom. The van der Waals surface area contributed by atoms with Crippen LogP contribution in [0.15, 0.2) is 30.6 Å². The highest BCUT2D eigenvalue weighted by Crippen LogP contribution is 2.40. The van der Waals surface area contributed by atoms with E-state index in [2.05, 4.69) is 54.1 Å². The number of aromatic nitrogens is 4. The van der Waals surface area contributed by atoms with E-state index in [1.54, 1.807) is 0 Å². The van der Waals surface area contributed by atoms with Gasteiger partial charge in [0.2, 0.25) is 5.95 Å². The van der Waals surface area contributed by atoms with E-state index < -0.39 is 0 Å². The number of hydrogen-bond donors (Lipinski definition) is 2. The quantitative estimate of drug-likeness (QED) is 0.659. The number of hydrogen-bond acceptors (Lipinski definition) is 7. The van der Waals surface area contributed by atoms with Gasteiger partial charge in [0.1, 0.15) is 11.5 Å². The van der Waals surface area contributed by atoms with Gasteiger partial charge in [-0.3, -0.25) is 0 Å². The summed E-state index contributed by atoms with van der Waals surface area (Å²) in [5.74, 6) is 1.39. The maximum Gasteiger partial charge on any atom is 0.230 e. The summed E-state index contributed by atoms with van der Waals surface area (Å²) >= 11 is 0. The topological polar surface area (TPSA) is 74.1 Å². The van der Waals surface area contributed by atoms with Crippen LogP contribution in [0.4, 0.5) is 17.5 Å². The Hall–Kier alpha value is -2.71. The molecule has 2 N–H and O–H groups in total. The molecule has 8 heteroatoms. The lowest BCUT2D eigenvalue weighted by atomic mass is 9.80. The maximum atomic E-state index is 4.97. The Labute approximate surface area is 189 Å². The van der Waals surface area contributed by atoms with Crippen LogP contribution < -0.4 is 15.5 Å². The van der Waals surface area contributed by atoms with Crippen molar-refractivity contribution in [1.29, 1.82) is 0 Å². The summed E-state index contributed by atoms with van der Waals surface area (Å²) in [5.41, 5.74) is 3.71. The molecule has 5 heterocycles. The normalized spacial score (nSPS) is 21.1. The number of nitrogens with zero attached hydrogens (tertiary/aromatic N) is 6. The summed E-state index contributed by atoms with van der Waals surface area (Å²) in [5, 5.41) is 8.11. The van der Waals surface area contributed by atoms with Gasteiger partial charge in [0.15, 0.2) is 0 Å². The van der Waals surface area contributed by atoms with Gasteiger partial charge in [-0.25, -0.2) is 9.97 Å². The summed E-state index contributed by atoms with van der Waals surface area (Å²) in [6.45, 7) is 6.20. The highest BCUT2D eigenvalue weighted by atomic mass is 15.3. The van der Waals surface area contributed by atoms with Crippen LogP contribution in [0.5, 0.6) is 0 Å². The molecule has 168 valence electrons. The van der Waals surface area contributed by atoms with Gasteiger partial charge in [0.25, 0.3) is 0 Å². The summed E-state index contributed by atoms with van der Waals surface area (Å²) in [4.78, 5) is 19.0. The van der Waals surface area contributed by atoms with Crippen LogP contribution in [0.3, 0.4) is 0 Å². The van der Waals surface area contributed by atoms with Gasteiger partial charge in [-0.05, 0) is 38.1 Å². The molecule has 8 nitrogen and oxygen atoms in total. The van der Waals surface area contributed by atoms with Crippen molar-refractivity contribution in [3.63, 3.8) is 0 Å². The van der Waals surface area contributed by atoms with Crippen LogP contribution in [0.25, 0.3) is 11.0 Å². The second-order valence-corrected chi connectivity index (χ2v) is 9.65. The van der Waals surface area contributed by atoms with Crippen molar-refractivity contribution in [3.05, 3.63) is 36.3 Å². The monoisotopic (exact) mass is 432 g/mol. The molecule has 2 aliphatic heterocycles. The van der Waals surface area contributed by atoms with E-state index in [4.69, 9.17) is 4.98 Å². The maximum absolute atomic E-state index is 4.97. The average Bonchev–Trinajstić information content (AvgIpc) is 3.20. The fourth-order valence-electron chi connectivity index (χ4n) is 5.70. The van der Waals surface area contributed by atoms with Crippen LogP contribution in [0.1, 0.15) is 37.8 Å². The van der Waals surface area contributed by atoms with Gasteiger partial charge in [-0.15, -0.1) is 0 Å². The molecule has 1 aliphatic carbocycles. The zero-order valence-electron chi connectivity index (χ0n) is 18.8. The number of pyridine rings is 1. The molecule has 0 amide bonds. The van der Waals surface area contributed by atoms with Gasteiger partial charge in [0.05, 0.1) is 17.4 Å². The minimum absolute atomic E-state index is 0.154. The number of anilines is 3. The van der Waals surface area contributed by atoms with Gasteiger partial charge in [-0.2, -0.15) is 4.98 Å². The summed E-state index contributed by atoms with van der Waals surface area (Å²) < 4.78 is 2.52. The fourth-order valence-corrected chi connectivity index (χ4v) is 5.70. The van der Waals surface area contributed by atoms with Crippen molar-refractivity contribution in [3.8, 4) is 0 Å². The molecule has 0 aromatic carbocycles. The predicted octanol–water partition coefficient (Wildman–Crippen LogP) is 3.08. The van der Waals surface area contributed by atoms with E-state index in [0.717, 1.165) is 56.1 Å². The van der Waals surface area contributed by atoms with Crippen molar-refractivity contribution >= 4 is 28.5 Å². The van der Waals surface area contributed by atoms with E-state index in [1.807, 2.05) is 18.5 Å². The van der Waals surface area contributed by atoms with E-state index in [9.17, 15) is 0 Å². The molecule has 0 radical (unpaired) electrons. The summed E-state index contributed by atoms with van der Waals surface area (Å²) in [6, 6.07) is 6.42. The van der Waals surface area contributed by atoms with Crippen molar-refractivity contribution < 1.29 is 0 Å². The first-order valence-corrected chi connectivity index (χ1v) is 12.0. The molecule has 2 fully saturated rings. The number of likely N-dealkylation sites (N-methyl/N-ethyl adjacent to an activating group) is 1. The number of piperazine rings is 1. The van der Waals surface area contributed by atoms with E-state index in [0.29, 0.717) is 5.95 Å². The molecule has 3 aromatic heterocycles. The second kappa shape index (κ2) is 8.01. The lowest BCUT2D eigenvalue weighted by Crippen LogP contribution is -2.49. The van der Waals surface area contributed by atoms with Gasteiger partial charge < -0.3 is 25.0 Å². The molecule has 0 bridgehead atoms. The van der Waals surface area contributed by atoms with Crippen molar-refractivity contribution in [2.24, 2.45) is 0 Å². The molecule has 0 unspecified atom stereocenters. The third-order valence-corrected chi connectivity index (χ3v) is 7.49.